The first-order valence-electron chi connectivity index (χ1n) is 6.54. The van der Waals surface area contributed by atoms with Crippen molar-refractivity contribution in [3.05, 3.63) is 22.9 Å². The SMILES string of the molecule is CC(=O)NC(C(=O)Nc1nc(-c2cccs2)cs1)C(C)C. The van der Waals surface area contributed by atoms with Crippen LogP contribution in [0.1, 0.15) is 20.8 Å². The maximum Gasteiger partial charge on any atom is 0.248 e. The van der Waals surface area contributed by atoms with Crippen molar-refractivity contribution in [3.63, 3.8) is 0 Å². The Kier molecular flexibility index (Phi) is 5.08. The number of nitrogens with zero attached hydrogens (tertiary/aromatic N) is 1. The third kappa shape index (κ3) is 4.12. The van der Waals surface area contributed by atoms with E-state index in [1.54, 1.807) is 11.3 Å². The lowest BCUT2D eigenvalue weighted by Crippen LogP contribution is -2.46. The summed E-state index contributed by atoms with van der Waals surface area (Å²) >= 11 is 2.98. The summed E-state index contributed by atoms with van der Waals surface area (Å²) < 4.78 is 0. The minimum Gasteiger partial charge on any atom is -0.344 e. The molecule has 0 fully saturated rings. The molecule has 1 unspecified atom stereocenters. The van der Waals surface area contributed by atoms with Crippen molar-refractivity contribution in [2.75, 3.05) is 5.32 Å². The number of hydrogen-bond donors (Lipinski definition) is 2. The molecular formula is C14H17N3O2S2. The van der Waals surface area contributed by atoms with Gasteiger partial charge in [-0.05, 0) is 17.4 Å². The van der Waals surface area contributed by atoms with E-state index < -0.39 is 6.04 Å². The summed E-state index contributed by atoms with van der Waals surface area (Å²) in [7, 11) is 0. The van der Waals surface area contributed by atoms with Crippen LogP contribution >= 0.6 is 22.7 Å². The smallest absolute Gasteiger partial charge is 0.248 e. The van der Waals surface area contributed by atoms with E-state index in [2.05, 4.69) is 15.6 Å². The number of nitrogens with one attached hydrogen (secondary N) is 2. The van der Waals surface area contributed by atoms with E-state index in [0.29, 0.717) is 5.13 Å². The lowest BCUT2D eigenvalue weighted by molar-refractivity contribution is -0.126. The van der Waals surface area contributed by atoms with E-state index in [-0.39, 0.29) is 17.7 Å². The molecule has 0 aliphatic heterocycles. The van der Waals surface area contributed by atoms with Gasteiger partial charge < -0.3 is 10.6 Å². The summed E-state index contributed by atoms with van der Waals surface area (Å²) in [6, 6.07) is 3.39. The average Bonchev–Trinajstić information content (AvgIpc) is 3.05. The molecule has 0 radical (unpaired) electrons. The van der Waals surface area contributed by atoms with E-state index >= 15 is 0 Å². The van der Waals surface area contributed by atoms with Crippen LogP contribution in [0.4, 0.5) is 5.13 Å². The molecule has 2 rings (SSSR count). The van der Waals surface area contributed by atoms with Gasteiger partial charge in [0.2, 0.25) is 11.8 Å². The summed E-state index contributed by atoms with van der Waals surface area (Å²) in [6.45, 7) is 5.18. The molecule has 2 N–H and O–H groups in total. The predicted octanol–water partition coefficient (Wildman–Crippen LogP) is 2.97. The molecule has 0 saturated carbocycles. The molecule has 2 aromatic rings. The molecule has 2 heterocycles. The van der Waals surface area contributed by atoms with Crippen LogP contribution in [0.3, 0.4) is 0 Å². The normalized spacial score (nSPS) is 12.2. The average molecular weight is 323 g/mol. The van der Waals surface area contributed by atoms with Crippen molar-refractivity contribution < 1.29 is 9.59 Å². The fraction of sp³-hybridized carbons (Fsp3) is 0.357. The van der Waals surface area contributed by atoms with Gasteiger partial charge in [-0.2, -0.15) is 0 Å². The molecule has 2 aromatic heterocycles. The maximum atomic E-state index is 12.2. The van der Waals surface area contributed by atoms with Gasteiger partial charge in [0, 0.05) is 12.3 Å². The fourth-order valence-corrected chi connectivity index (χ4v) is 3.28. The molecule has 21 heavy (non-hydrogen) atoms. The zero-order chi connectivity index (χ0) is 15.4. The highest BCUT2D eigenvalue weighted by Gasteiger charge is 2.23. The lowest BCUT2D eigenvalue weighted by Gasteiger charge is -2.20. The predicted molar refractivity (Wildman–Crippen MR) is 86.5 cm³/mol. The van der Waals surface area contributed by atoms with E-state index in [1.807, 2.05) is 36.7 Å². The molecule has 0 bridgehead atoms. The standard InChI is InChI=1S/C14H17N3O2S2/c1-8(2)12(15-9(3)18)13(19)17-14-16-10(7-21-14)11-5-4-6-20-11/h4-8,12H,1-3H3,(H,15,18)(H,16,17,19). The van der Waals surface area contributed by atoms with Crippen LogP contribution in [0.2, 0.25) is 0 Å². The molecule has 0 saturated heterocycles. The first-order chi connectivity index (χ1) is 9.97. The van der Waals surface area contributed by atoms with E-state index in [9.17, 15) is 9.59 Å². The molecule has 1 atom stereocenters. The Morgan fingerprint density at radius 3 is 2.62 bits per heavy atom. The number of aromatic nitrogens is 1. The minimum atomic E-state index is -0.559. The molecule has 0 spiro atoms. The monoisotopic (exact) mass is 323 g/mol. The number of thiazole rings is 1. The number of thiophene rings is 1. The maximum absolute atomic E-state index is 12.2. The molecule has 112 valence electrons. The largest absolute Gasteiger partial charge is 0.344 e. The quantitative estimate of drug-likeness (QED) is 0.888. The Bertz CT molecular complexity index is 620. The van der Waals surface area contributed by atoms with Crippen LogP contribution in [-0.4, -0.2) is 22.8 Å². The van der Waals surface area contributed by atoms with Gasteiger partial charge in [0.1, 0.15) is 6.04 Å². The highest BCUT2D eigenvalue weighted by molar-refractivity contribution is 7.16. The van der Waals surface area contributed by atoms with Gasteiger partial charge >= 0.3 is 0 Å². The topological polar surface area (TPSA) is 71.1 Å². The summed E-state index contributed by atoms with van der Waals surface area (Å²) in [5.74, 6) is -0.458. The zero-order valence-corrected chi connectivity index (χ0v) is 13.7. The summed E-state index contributed by atoms with van der Waals surface area (Å²) in [4.78, 5) is 28.9. The van der Waals surface area contributed by atoms with Crippen LogP contribution in [-0.2, 0) is 9.59 Å². The van der Waals surface area contributed by atoms with Crippen molar-refractivity contribution in [1.82, 2.24) is 10.3 Å². The van der Waals surface area contributed by atoms with Gasteiger partial charge in [0.05, 0.1) is 10.6 Å². The van der Waals surface area contributed by atoms with Crippen LogP contribution in [0.25, 0.3) is 10.6 Å². The van der Waals surface area contributed by atoms with Crippen LogP contribution in [0, 0.1) is 5.92 Å². The van der Waals surface area contributed by atoms with Gasteiger partial charge in [-0.25, -0.2) is 4.98 Å². The van der Waals surface area contributed by atoms with Crippen molar-refractivity contribution in [3.8, 4) is 10.6 Å². The van der Waals surface area contributed by atoms with E-state index in [4.69, 9.17) is 0 Å². The summed E-state index contributed by atoms with van der Waals surface area (Å²) in [6.07, 6.45) is 0. The second-order valence-corrected chi connectivity index (χ2v) is 6.73. The van der Waals surface area contributed by atoms with E-state index in [1.165, 1.54) is 18.3 Å². The number of carbonyl (C=O) groups is 2. The Balaban J connectivity index is 2.06. The molecule has 7 heteroatoms. The zero-order valence-electron chi connectivity index (χ0n) is 12.0. The Morgan fingerprint density at radius 1 is 1.29 bits per heavy atom. The van der Waals surface area contributed by atoms with Gasteiger partial charge in [-0.15, -0.1) is 22.7 Å². The third-order valence-electron chi connectivity index (χ3n) is 2.82. The van der Waals surface area contributed by atoms with Crippen LogP contribution in [0.15, 0.2) is 22.9 Å². The van der Waals surface area contributed by atoms with Crippen molar-refractivity contribution in [2.24, 2.45) is 5.92 Å². The molecule has 2 amide bonds. The highest BCUT2D eigenvalue weighted by atomic mass is 32.1. The first-order valence-corrected chi connectivity index (χ1v) is 8.30. The second kappa shape index (κ2) is 6.82. The number of anilines is 1. The third-order valence-corrected chi connectivity index (χ3v) is 4.47. The number of rotatable bonds is 5. The lowest BCUT2D eigenvalue weighted by atomic mass is 10.0. The molecule has 0 aromatic carbocycles. The van der Waals surface area contributed by atoms with E-state index in [0.717, 1.165) is 10.6 Å². The van der Waals surface area contributed by atoms with Crippen LogP contribution in [0.5, 0.6) is 0 Å². The van der Waals surface area contributed by atoms with Gasteiger partial charge in [-0.1, -0.05) is 19.9 Å². The number of hydrogen-bond acceptors (Lipinski definition) is 5. The van der Waals surface area contributed by atoms with Crippen molar-refractivity contribution >= 4 is 39.6 Å². The number of carbonyl (C=O) groups excluding carboxylic acids is 2. The minimum absolute atomic E-state index is 0.00521. The number of amides is 2. The summed E-state index contributed by atoms with van der Waals surface area (Å²) in [5.41, 5.74) is 0.853. The second-order valence-electron chi connectivity index (χ2n) is 4.93. The van der Waals surface area contributed by atoms with Gasteiger partial charge in [0.15, 0.2) is 5.13 Å². The van der Waals surface area contributed by atoms with Gasteiger partial charge in [-0.3, -0.25) is 9.59 Å². The Hall–Kier alpha value is -1.73. The fourth-order valence-electron chi connectivity index (χ4n) is 1.81. The Labute approximate surface area is 131 Å². The van der Waals surface area contributed by atoms with Crippen molar-refractivity contribution in [2.45, 2.75) is 26.8 Å². The highest BCUT2D eigenvalue weighted by Crippen LogP contribution is 2.28. The molecule has 0 aliphatic carbocycles. The first kappa shape index (κ1) is 15.7. The molecule has 5 nitrogen and oxygen atoms in total. The van der Waals surface area contributed by atoms with Crippen molar-refractivity contribution in [1.29, 1.82) is 0 Å². The van der Waals surface area contributed by atoms with Gasteiger partial charge in [0.25, 0.3) is 0 Å². The molecular weight excluding hydrogens is 306 g/mol. The Morgan fingerprint density at radius 2 is 2.05 bits per heavy atom. The molecule has 0 aliphatic rings. The summed E-state index contributed by atoms with van der Waals surface area (Å²) in [5, 5.41) is 9.86. The van der Waals surface area contributed by atoms with Crippen LogP contribution < -0.4 is 10.6 Å².